The molecule has 320 valence electrons. The SMILES string of the molecule is Cc1cc(=O)[nH]c2cc(NC(=O)[C@H](CCCCN)NC(=O)[C@H](CC(=O)OC3CCCCC3)NC(=O)OCC3c4ccccc4-c4ccccc43)ccc12.O=C(O)C(F)(F)F. The van der Waals surface area contributed by atoms with Crippen molar-refractivity contribution in [1.82, 2.24) is 15.6 Å². The summed E-state index contributed by atoms with van der Waals surface area (Å²) in [4.78, 5) is 77.8. The number of amides is 3. The third-order valence-corrected chi connectivity index (χ3v) is 10.3. The fourth-order valence-electron chi connectivity index (χ4n) is 7.35. The standard InChI is InChI=1S/C41H47N5O7.C2HF3O2/c1-25-21-37(47)44-35-22-26(18-19-28(25)35)43-39(49)34(17-9-10-20-42)45-40(50)36(23-38(48)53-27-11-3-2-4-12-27)46-41(51)52-24-33-31-15-7-5-13-29(31)30-14-6-8-16-32(30)33;3-2(4,5)1(6)7/h5-8,13-16,18-19,21-22,27,33-34,36H,2-4,9-12,17,20,23-24,42H2,1H3,(H,43,49)(H,44,47)(H,45,50)(H,46,51);(H,6,7)/t34-,36-;/m0./s1. The summed E-state index contributed by atoms with van der Waals surface area (Å²) in [5.74, 6) is -4.82. The second-order valence-corrected chi connectivity index (χ2v) is 14.7. The number of aromatic nitrogens is 1. The van der Waals surface area contributed by atoms with Crippen LogP contribution in [0.25, 0.3) is 22.0 Å². The number of hydrogen-bond acceptors (Lipinski definition) is 9. The zero-order chi connectivity index (χ0) is 43.4. The molecule has 1 heterocycles. The Labute approximate surface area is 343 Å². The van der Waals surface area contributed by atoms with Crippen LogP contribution < -0.4 is 27.2 Å². The number of H-pyrrole nitrogens is 1. The van der Waals surface area contributed by atoms with Crippen LogP contribution in [0.15, 0.2) is 77.6 Å². The molecule has 1 fully saturated rings. The molecule has 2 aliphatic rings. The largest absolute Gasteiger partial charge is 0.490 e. The van der Waals surface area contributed by atoms with Gasteiger partial charge >= 0.3 is 24.2 Å². The molecule has 17 heteroatoms. The fraction of sp³-hybridized carbons (Fsp3) is 0.395. The van der Waals surface area contributed by atoms with Crippen LogP contribution in [0.3, 0.4) is 0 Å². The highest BCUT2D eigenvalue weighted by Gasteiger charge is 2.38. The van der Waals surface area contributed by atoms with E-state index in [1.807, 2.05) is 55.5 Å². The number of carboxylic acids is 1. The Hall–Kier alpha value is -6.23. The quantitative estimate of drug-likeness (QED) is 0.0625. The van der Waals surface area contributed by atoms with Gasteiger partial charge in [-0.25, -0.2) is 9.59 Å². The van der Waals surface area contributed by atoms with E-state index >= 15 is 0 Å². The molecule has 0 saturated heterocycles. The Morgan fingerprint density at radius 1 is 0.867 bits per heavy atom. The Bertz CT molecular complexity index is 2190. The number of pyridine rings is 1. The van der Waals surface area contributed by atoms with Gasteiger partial charge in [-0.1, -0.05) is 61.0 Å². The highest BCUT2D eigenvalue weighted by atomic mass is 19.4. The normalized spacial score (nSPS) is 14.7. The van der Waals surface area contributed by atoms with Crippen LogP contribution in [0, 0.1) is 6.92 Å². The average Bonchev–Trinajstić information content (AvgIpc) is 3.52. The van der Waals surface area contributed by atoms with Crippen LogP contribution in [0.4, 0.5) is 23.7 Å². The number of esters is 1. The van der Waals surface area contributed by atoms with Crippen LogP contribution in [0.1, 0.15) is 80.4 Å². The minimum absolute atomic E-state index is 0.0153. The zero-order valence-corrected chi connectivity index (χ0v) is 32.9. The van der Waals surface area contributed by atoms with Gasteiger partial charge in [0.1, 0.15) is 24.8 Å². The van der Waals surface area contributed by atoms with Crippen molar-refractivity contribution in [3.63, 3.8) is 0 Å². The molecule has 0 aliphatic heterocycles. The van der Waals surface area contributed by atoms with E-state index in [-0.39, 0.29) is 30.6 Å². The first kappa shape index (κ1) is 44.9. The summed E-state index contributed by atoms with van der Waals surface area (Å²) in [6.45, 7) is 2.25. The van der Waals surface area contributed by atoms with Gasteiger partial charge in [0, 0.05) is 23.1 Å². The highest BCUT2D eigenvalue weighted by Crippen LogP contribution is 2.44. The summed E-state index contributed by atoms with van der Waals surface area (Å²) >= 11 is 0. The van der Waals surface area contributed by atoms with Crippen LogP contribution in [0.2, 0.25) is 0 Å². The Morgan fingerprint density at radius 2 is 1.50 bits per heavy atom. The van der Waals surface area contributed by atoms with Crippen molar-refractivity contribution < 1.29 is 51.7 Å². The van der Waals surface area contributed by atoms with Crippen LogP contribution in [-0.2, 0) is 28.7 Å². The molecule has 7 N–H and O–H groups in total. The van der Waals surface area contributed by atoms with E-state index < -0.39 is 54.5 Å². The third-order valence-electron chi connectivity index (χ3n) is 10.3. The Kier molecular flexibility index (Phi) is 15.4. The molecular formula is C43H48F3N5O9. The molecule has 60 heavy (non-hydrogen) atoms. The van der Waals surface area contributed by atoms with Gasteiger partial charge in [0.15, 0.2) is 0 Å². The topological polar surface area (TPSA) is 219 Å². The monoisotopic (exact) mass is 835 g/mol. The van der Waals surface area contributed by atoms with E-state index in [4.69, 9.17) is 25.1 Å². The number of hydrogen-bond donors (Lipinski definition) is 6. The number of aliphatic carboxylic acids is 1. The van der Waals surface area contributed by atoms with Crippen LogP contribution in [-0.4, -0.2) is 77.5 Å². The molecule has 0 unspecified atom stereocenters. The van der Waals surface area contributed by atoms with Gasteiger partial charge in [-0.2, -0.15) is 13.2 Å². The lowest BCUT2D eigenvalue weighted by Crippen LogP contribution is -2.53. The lowest BCUT2D eigenvalue weighted by atomic mass is 9.98. The number of aromatic amines is 1. The molecule has 2 aliphatic carbocycles. The predicted molar refractivity (Wildman–Crippen MR) is 216 cm³/mol. The van der Waals surface area contributed by atoms with E-state index in [0.717, 1.165) is 65.3 Å². The molecule has 14 nitrogen and oxygen atoms in total. The fourth-order valence-corrected chi connectivity index (χ4v) is 7.35. The Balaban J connectivity index is 0.000000896. The maximum atomic E-state index is 13.9. The number of carboxylic acid groups (broad SMARTS) is 1. The number of nitrogens with two attached hydrogens (primary N) is 1. The van der Waals surface area contributed by atoms with Gasteiger partial charge in [-0.05, 0) is 98.4 Å². The van der Waals surface area contributed by atoms with Gasteiger partial charge < -0.3 is 41.2 Å². The number of halogens is 3. The molecule has 3 aromatic carbocycles. The van der Waals surface area contributed by atoms with E-state index in [9.17, 15) is 37.1 Å². The molecule has 4 aromatic rings. The number of benzene rings is 3. The first-order valence-electron chi connectivity index (χ1n) is 19.7. The number of nitrogens with one attached hydrogen (secondary N) is 4. The molecular weight excluding hydrogens is 787 g/mol. The summed E-state index contributed by atoms with van der Waals surface area (Å²) in [6, 6.07) is 20.2. The summed E-state index contributed by atoms with van der Waals surface area (Å²) in [6.07, 6.45) is -0.776. The minimum atomic E-state index is -5.08. The number of ether oxygens (including phenoxy) is 2. The van der Waals surface area contributed by atoms with E-state index in [1.54, 1.807) is 18.2 Å². The zero-order valence-electron chi connectivity index (χ0n) is 32.9. The smallest absolute Gasteiger partial charge is 0.475 e. The molecule has 0 bridgehead atoms. The molecule has 1 aromatic heterocycles. The summed E-state index contributed by atoms with van der Waals surface area (Å²) in [5.41, 5.74) is 11.5. The molecule has 3 amide bonds. The van der Waals surface area contributed by atoms with Crippen LogP contribution >= 0.6 is 0 Å². The number of anilines is 1. The van der Waals surface area contributed by atoms with Gasteiger partial charge in [-0.3, -0.25) is 19.2 Å². The first-order chi connectivity index (χ1) is 28.6. The van der Waals surface area contributed by atoms with Crippen molar-refractivity contribution in [2.45, 2.75) is 95.0 Å². The predicted octanol–water partition coefficient (Wildman–Crippen LogP) is 6.20. The number of unbranched alkanes of at least 4 members (excludes halogenated alkanes) is 1. The maximum Gasteiger partial charge on any atom is 0.490 e. The summed E-state index contributed by atoms with van der Waals surface area (Å²) in [5, 5.41) is 16.1. The lowest BCUT2D eigenvalue weighted by Gasteiger charge is -2.25. The number of fused-ring (bicyclic) bond motifs is 4. The summed E-state index contributed by atoms with van der Waals surface area (Å²) in [7, 11) is 0. The van der Waals surface area contributed by atoms with Crippen molar-refractivity contribution in [2.24, 2.45) is 5.73 Å². The van der Waals surface area contributed by atoms with Crippen molar-refractivity contribution in [3.8, 4) is 11.1 Å². The third kappa shape index (κ3) is 12.2. The number of rotatable bonds is 14. The van der Waals surface area contributed by atoms with Gasteiger partial charge in [0.25, 0.3) is 0 Å². The van der Waals surface area contributed by atoms with E-state index in [1.165, 1.54) is 6.07 Å². The van der Waals surface area contributed by atoms with Gasteiger partial charge in [-0.15, -0.1) is 0 Å². The highest BCUT2D eigenvalue weighted by molar-refractivity contribution is 6.00. The van der Waals surface area contributed by atoms with Crippen molar-refractivity contribution in [3.05, 3.63) is 99.8 Å². The minimum Gasteiger partial charge on any atom is -0.475 e. The number of carbonyl (C=O) groups is 5. The number of alkyl halides is 3. The molecule has 2 atom stereocenters. The van der Waals surface area contributed by atoms with E-state index in [0.29, 0.717) is 30.6 Å². The van der Waals surface area contributed by atoms with E-state index in [2.05, 4.69) is 20.9 Å². The number of aryl methyl sites for hydroxylation is 1. The maximum absolute atomic E-state index is 13.9. The molecule has 6 rings (SSSR count). The molecule has 0 radical (unpaired) electrons. The van der Waals surface area contributed by atoms with Crippen molar-refractivity contribution in [2.75, 3.05) is 18.5 Å². The number of alkyl carbamates (subject to hydrolysis) is 1. The summed E-state index contributed by atoms with van der Waals surface area (Å²) < 4.78 is 43.2. The second kappa shape index (κ2) is 20.6. The Morgan fingerprint density at radius 3 is 2.12 bits per heavy atom. The van der Waals surface area contributed by atoms with Crippen molar-refractivity contribution >= 4 is 46.4 Å². The van der Waals surface area contributed by atoms with Crippen LogP contribution in [0.5, 0.6) is 0 Å². The number of carbonyl (C=O) groups excluding carboxylic acids is 4. The first-order valence-corrected chi connectivity index (χ1v) is 19.7. The molecule has 1 saturated carbocycles. The van der Waals surface area contributed by atoms with Crippen molar-refractivity contribution in [1.29, 1.82) is 0 Å². The second-order valence-electron chi connectivity index (χ2n) is 14.7. The lowest BCUT2D eigenvalue weighted by molar-refractivity contribution is -0.192. The van der Waals surface area contributed by atoms with Gasteiger partial charge in [0.05, 0.1) is 11.9 Å². The average molecular weight is 836 g/mol. The van der Waals surface area contributed by atoms with Gasteiger partial charge in [0.2, 0.25) is 17.4 Å². The molecule has 0 spiro atoms.